The second-order valence-corrected chi connectivity index (χ2v) is 12.6. The van der Waals surface area contributed by atoms with Gasteiger partial charge in [-0.3, -0.25) is 24.4 Å². The molecule has 42 heavy (non-hydrogen) atoms. The number of nitrogens with one attached hydrogen (secondary N) is 1. The molecular weight excluding hydrogens is 595 g/mol. The highest BCUT2D eigenvalue weighted by atomic mass is 32.5. The number of amides is 2. The maximum Gasteiger partial charge on any atom is 0.310 e. The van der Waals surface area contributed by atoms with Crippen LogP contribution in [0.2, 0.25) is 0 Å². The molecule has 1 aliphatic carbocycles. The van der Waals surface area contributed by atoms with Crippen molar-refractivity contribution in [2.75, 3.05) is 18.6 Å². The normalized spacial score (nSPS) is 24.4. The Hall–Kier alpha value is -3.58. The predicted octanol–water partition coefficient (Wildman–Crippen LogP) is 6.08. The van der Waals surface area contributed by atoms with E-state index in [4.69, 9.17) is 4.74 Å². The monoisotopic (exact) mass is 624 g/mol. The van der Waals surface area contributed by atoms with Crippen LogP contribution in [0.4, 0.5) is 33.9 Å². The Bertz CT molecular complexity index is 1400. The number of aromatic nitrogens is 1. The lowest BCUT2D eigenvalue weighted by atomic mass is 9.91. The van der Waals surface area contributed by atoms with Crippen molar-refractivity contribution in [1.29, 1.82) is 5.26 Å². The molecule has 1 aliphatic heterocycles. The smallest absolute Gasteiger partial charge is 0.310 e. The number of anilines is 1. The molecule has 4 rings (SSSR count). The molecule has 230 valence electrons. The molecule has 16 heteroatoms. The van der Waals surface area contributed by atoms with E-state index in [0.29, 0.717) is 17.0 Å². The summed E-state index contributed by atoms with van der Waals surface area (Å²) >= 11 is 0. The van der Waals surface area contributed by atoms with Crippen LogP contribution >= 0.6 is 10.2 Å². The summed E-state index contributed by atoms with van der Waals surface area (Å²) in [4.78, 5) is 31.3. The van der Waals surface area contributed by atoms with Crippen molar-refractivity contribution in [2.45, 2.75) is 67.1 Å². The molecule has 2 heterocycles. The summed E-state index contributed by atoms with van der Waals surface area (Å²) < 4.78 is 110. The van der Waals surface area contributed by atoms with Crippen LogP contribution in [0, 0.1) is 11.5 Å². The number of pyridine rings is 1. The maximum atomic E-state index is 14.2. The van der Waals surface area contributed by atoms with Gasteiger partial charge in [0, 0.05) is 56.1 Å². The quantitative estimate of drug-likeness (QED) is 0.283. The largest absolute Gasteiger partial charge is 0.379 e. The minimum Gasteiger partial charge on any atom is -0.379 e. The Labute approximate surface area is 238 Å². The molecule has 2 fully saturated rings. The number of hydrogen-bond acceptors (Lipinski definition) is 6. The first kappa shape index (κ1) is 29.9. The number of rotatable bonds is 8. The first-order valence-electron chi connectivity index (χ1n) is 13.3. The SMILES string of the molecule is [2H]C(C(=O)NC1CCC(F)(F)CC1)(c1cccnc1)N(C(=O)C1CC(OC)CN1C#N)c1ccc(S(F)(F)(F)(F)F)cc1. The van der Waals surface area contributed by atoms with Crippen LogP contribution in [-0.4, -0.2) is 59.5 Å². The van der Waals surface area contributed by atoms with Crippen molar-refractivity contribution >= 4 is 27.7 Å². The average molecular weight is 625 g/mol. The number of halogens is 7. The molecule has 2 aromatic rings. The van der Waals surface area contributed by atoms with Gasteiger partial charge >= 0.3 is 10.2 Å². The zero-order valence-electron chi connectivity index (χ0n) is 23.2. The van der Waals surface area contributed by atoms with E-state index in [1.807, 2.05) is 6.19 Å². The number of nitriles is 1. The fourth-order valence-electron chi connectivity index (χ4n) is 4.98. The zero-order valence-corrected chi connectivity index (χ0v) is 23.0. The number of likely N-dealkylation sites (tertiary alicyclic amines) is 1. The van der Waals surface area contributed by atoms with Gasteiger partial charge in [0.05, 0.1) is 14.0 Å². The molecule has 1 aromatic carbocycles. The topological polar surface area (TPSA) is 98.6 Å². The van der Waals surface area contributed by atoms with E-state index < -0.39 is 75.6 Å². The molecular formula is C26H28F7N5O3S. The van der Waals surface area contributed by atoms with Gasteiger partial charge in [0.1, 0.15) is 17.0 Å². The molecule has 2 amide bonds. The summed E-state index contributed by atoms with van der Waals surface area (Å²) in [5.74, 6) is -5.24. The first-order valence-corrected chi connectivity index (χ1v) is 14.7. The molecule has 0 radical (unpaired) electrons. The summed E-state index contributed by atoms with van der Waals surface area (Å²) in [7, 11) is -8.81. The Kier molecular flexibility index (Phi) is 7.55. The average Bonchev–Trinajstić information content (AvgIpc) is 3.37. The Morgan fingerprint density at radius 2 is 1.83 bits per heavy atom. The minimum atomic E-state index is -10.1. The Morgan fingerprint density at radius 3 is 2.36 bits per heavy atom. The highest BCUT2D eigenvalue weighted by molar-refractivity contribution is 8.45. The van der Waals surface area contributed by atoms with E-state index in [9.17, 15) is 44.4 Å². The lowest BCUT2D eigenvalue weighted by Crippen LogP contribution is -2.52. The van der Waals surface area contributed by atoms with Gasteiger partial charge in [0.15, 0.2) is 6.19 Å². The summed E-state index contributed by atoms with van der Waals surface area (Å²) in [6.45, 7) is -0.0548. The van der Waals surface area contributed by atoms with Gasteiger partial charge in [0.25, 0.3) is 5.91 Å². The van der Waals surface area contributed by atoms with Crippen LogP contribution in [0.3, 0.4) is 0 Å². The molecule has 1 aromatic heterocycles. The van der Waals surface area contributed by atoms with Gasteiger partial charge in [-0.15, -0.1) is 0 Å². The van der Waals surface area contributed by atoms with E-state index in [-0.39, 0.29) is 43.5 Å². The predicted molar refractivity (Wildman–Crippen MR) is 139 cm³/mol. The summed E-state index contributed by atoms with van der Waals surface area (Å²) in [5, 5.41) is 12.2. The molecule has 0 bridgehead atoms. The highest BCUT2D eigenvalue weighted by Crippen LogP contribution is 3.02. The van der Waals surface area contributed by atoms with Crippen molar-refractivity contribution in [1.82, 2.24) is 15.2 Å². The number of carbonyl (C=O) groups is 2. The van der Waals surface area contributed by atoms with E-state index >= 15 is 0 Å². The third kappa shape index (κ3) is 7.06. The highest BCUT2D eigenvalue weighted by Gasteiger charge is 2.65. The number of carbonyl (C=O) groups excluding carboxylic acids is 2. The minimum absolute atomic E-state index is 0.0383. The van der Waals surface area contributed by atoms with Gasteiger partial charge in [-0.25, -0.2) is 8.78 Å². The third-order valence-electron chi connectivity index (χ3n) is 7.20. The molecule has 1 saturated heterocycles. The third-order valence-corrected chi connectivity index (χ3v) is 8.36. The molecule has 1 saturated carbocycles. The van der Waals surface area contributed by atoms with E-state index in [0.717, 1.165) is 11.1 Å². The number of methoxy groups -OCH3 is 1. The van der Waals surface area contributed by atoms with Gasteiger partial charge in [0.2, 0.25) is 11.8 Å². The van der Waals surface area contributed by atoms with Gasteiger partial charge in [-0.2, -0.15) is 5.26 Å². The number of ether oxygens (including phenoxy) is 1. The van der Waals surface area contributed by atoms with E-state index in [2.05, 4.69) is 10.3 Å². The maximum absolute atomic E-state index is 14.2. The van der Waals surface area contributed by atoms with Crippen molar-refractivity contribution in [2.24, 2.45) is 0 Å². The fourth-order valence-corrected chi connectivity index (χ4v) is 5.63. The van der Waals surface area contributed by atoms with Crippen LogP contribution in [0.25, 0.3) is 0 Å². The van der Waals surface area contributed by atoms with Crippen molar-refractivity contribution < 1.29 is 43.9 Å². The number of benzene rings is 1. The Morgan fingerprint density at radius 1 is 1.19 bits per heavy atom. The molecule has 3 atom stereocenters. The summed E-state index contributed by atoms with van der Waals surface area (Å²) in [6, 6.07) is -1.33. The molecule has 2 aliphatic rings. The molecule has 8 nitrogen and oxygen atoms in total. The zero-order chi connectivity index (χ0) is 31.9. The van der Waals surface area contributed by atoms with Crippen LogP contribution in [0.15, 0.2) is 53.7 Å². The molecule has 3 unspecified atom stereocenters. The van der Waals surface area contributed by atoms with E-state index in [1.54, 1.807) is 0 Å². The number of nitrogens with zero attached hydrogens (tertiary/aromatic N) is 4. The second kappa shape index (κ2) is 10.6. The van der Waals surface area contributed by atoms with Crippen LogP contribution in [-0.2, 0) is 14.3 Å². The van der Waals surface area contributed by atoms with Crippen LogP contribution < -0.4 is 10.2 Å². The van der Waals surface area contributed by atoms with Crippen molar-refractivity contribution in [3.8, 4) is 6.19 Å². The number of alkyl halides is 2. The fraction of sp³-hybridized carbons (Fsp3) is 0.462. The lowest BCUT2D eigenvalue weighted by Gasteiger charge is -2.41. The van der Waals surface area contributed by atoms with E-state index in [1.165, 1.54) is 25.4 Å². The van der Waals surface area contributed by atoms with Gasteiger partial charge in [-0.05, 0) is 43.2 Å². The van der Waals surface area contributed by atoms with Crippen molar-refractivity contribution in [3.63, 3.8) is 0 Å². The first-order chi connectivity index (χ1) is 19.8. The Balaban J connectivity index is 1.85. The van der Waals surface area contributed by atoms with Crippen LogP contribution in [0.1, 0.15) is 45.1 Å². The van der Waals surface area contributed by atoms with Crippen molar-refractivity contribution in [3.05, 3.63) is 54.4 Å². The lowest BCUT2D eigenvalue weighted by molar-refractivity contribution is -0.129. The van der Waals surface area contributed by atoms with Gasteiger partial charge < -0.3 is 10.1 Å². The van der Waals surface area contributed by atoms with Crippen LogP contribution in [0.5, 0.6) is 0 Å². The standard InChI is InChI=1S/C26H28F7N5O3S/c1-41-20-13-22(37(15-20)16-34)25(40)38(19-4-6-21(7-5-19)42(29,30,31,32)33)23(17-3-2-12-35-14-17)24(39)36-18-8-10-26(27,28)11-9-18/h2-7,12,14,18,20,22-23H,8-11,13,15H2,1H3,(H,36,39)/i23D. The number of hydrogen-bond donors (Lipinski definition) is 1. The summed E-state index contributed by atoms with van der Waals surface area (Å²) in [5.41, 5.74) is -0.790. The second-order valence-electron chi connectivity index (χ2n) is 10.2. The summed E-state index contributed by atoms with van der Waals surface area (Å²) in [6.07, 6.45) is 2.00. The van der Waals surface area contributed by atoms with Gasteiger partial charge in [-0.1, -0.05) is 25.5 Å². The molecule has 1 N–H and O–H groups in total. The molecule has 0 spiro atoms.